The van der Waals surface area contributed by atoms with Crippen LogP contribution in [-0.4, -0.2) is 33.1 Å². The fourth-order valence-corrected chi connectivity index (χ4v) is 1.58. The Hall–Kier alpha value is -0.340. The van der Waals surface area contributed by atoms with E-state index in [2.05, 4.69) is 9.50 Å². The molecule has 1 rings (SSSR count). The molecule has 1 N–H and O–H groups in total. The molecule has 8 heteroatoms. The van der Waals surface area contributed by atoms with Crippen molar-refractivity contribution >= 4 is 10.1 Å². The normalized spacial score (nSPS) is 25.0. The van der Waals surface area contributed by atoms with Crippen LogP contribution < -0.4 is 5.32 Å². The molecule has 0 aromatic rings. The maximum Gasteiger partial charge on any atom is 0.523 e. The molecule has 1 aliphatic rings. The average molecular weight is 219 g/mol. The van der Waals surface area contributed by atoms with Crippen molar-refractivity contribution in [3.8, 4) is 0 Å². The lowest BCUT2D eigenvalue weighted by molar-refractivity contribution is -0.0567. The van der Waals surface area contributed by atoms with Gasteiger partial charge in [-0.1, -0.05) is 0 Å². The zero-order chi connectivity index (χ0) is 10.1. The number of rotatable bonds is 2. The van der Waals surface area contributed by atoms with Crippen molar-refractivity contribution in [3.63, 3.8) is 0 Å². The van der Waals surface area contributed by atoms with E-state index in [0.717, 1.165) is 0 Å². The summed E-state index contributed by atoms with van der Waals surface area (Å²) < 4.78 is 60.1. The van der Waals surface area contributed by atoms with E-state index in [1.54, 1.807) is 0 Å². The van der Waals surface area contributed by atoms with Crippen LogP contribution >= 0.6 is 0 Å². The van der Waals surface area contributed by atoms with Gasteiger partial charge >= 0.3 is 15.6 Å². The standard InChI is InChI=1S/C5H8F3NO3S/c6-5(7,8)13(10,11)12-4-1-2-9-3-4/h4,9H,1-3H2/t4-/m1/s1. The van der Waals surface area contributed by atoms with Gasteiger partial charge in [-0.15, -0.1) is 0 Å². The molecule has 1 fully saturated rings. The summed E-state index contributed by atoms with van der Waals surface area (Å²) in [5, 5.41) is 2.69. The van der Waals surface area contributed by atoms with Gasteiger partial charge in [-0.05, 0) is 13.0 Å². The molecule has 78 valence electrons. The zero-order valence-corrected chi connectivity index (χ0v) is 7.28. The second-order valence-corrected chi connectivity index (χ2v) is 4.17. The Bertz CT molecular complexity index is 267. The van der Waals surface area contributed by atoms with Gasteiger partial charge in [-0.25, -0.2) is 0 Å². The molecule has 1 saturated heterocycles. The van der Waals surface area contributed by atoms with Gasteiger partial charge < -0.3 is 5.32 Å². The number of nitrogens with one attached hydrogen (secondary N) is 1. The molecule has 0 saturated carbocycles. The van der Waals surface area contributed by atoms with Crippen molar-refractivity contribution in [2.24, 2.45) is 0 Å². The van der Waals surface area contributed by atoms with E-state index in [0.29, 0.717) is 6.54 Å². The average Bonchev–Trinajstić information content (AvgIpc) is 2.35. The van der Waals surface area contributed by atoms with Crippen LogP contribution in [0.2, 0.25) is 0 Å². The first-order valence-corrected chi connectivity index (χ1v) is 4.94. The summed E-state index contributed by atoms with van der Waals surface area (Å²) in [6.07, 6.45) is -0.624. The second kappa shape index (κ2) is 3.43. The number of hydrogen-bond donors (Lipinski definition) is 1. The zero-order valence-electron chi connectivity index (χ0n) is 6.47. The van der Waals surface area contributed by atoms with Crippen LogP contribution in [0.15, 0.2) is 0 Å². The summed E-state index contributed by atoms with van der Waals surface area (Å²) in [6.45, 7) is 0.605. The summed E-state index contributed by atoms with van der Waals surface area (Å²) in [7, 11) is -5.42. The van der Waals surface area contributed by atoms with Crippen molar-refractivity contribution in [3.05, 3.63) is 0 Å². The maximum atomic E-state index is 11.8. The van der Waals surface area contributed by atoms with Gasteiger partial charge in [0.05, 0.1) is 6.10 Å². The first-order valence-electron chi connectivity index (χ1n) is 3.53. The Morgan fingerprint density at radius 1 is 1.38 bits per heavy atom. The van der Waals surface area contributed by atoms with Gasteiger partial charge in [0.1, 0.15) is 0 Å². The van der Waals surface area contributed by atoms with Crippen molar-refractivity contribution in [2.45, 2.75) is 18.0 Å². The number of alkyl halides is 3. The van der Waals surface area contributed by atoms with Crippen molar-refractivity contribution in [2.75, 3.05) is 13.1 Å². The highest BCUT2D eigenvalue weighted by molar-refractivity contribution is 7.87. The molecule has 0 unspecified atom stereocenters. The van der Waals surface area contributed by atoms with E-state index in [9.17, 15) is 21.6 Å². The van der Waals surface area contributed by atoms with Crippen LogP contribution in [0, 0.1) is 0 Å². The third-order valence-electron chi connectivity index (χ3n) is 1.56. The minimum absolute atomic E-state index is 0.134. The molecular formula is C5H8F3NO3S. The molecule has 1 heterocycles. The Morgan fingerprint density at radius 3 is 2.38 bits per heavy atom. The monoisotopic (exact) mass is 219 g/mol. The molecular weight excluding hydrogens is 211 g/mol. The molecule has 0 aromatic carbocycles. The summed E-state index contributed by atoms with van der Waals surface area (Å²) >= 11 is 0. The van der Waals surface area contributed by atoms with Gasteiger partial charge in [0, 0.05) is 6.54 Å². The highest BCUT2D eigenvalue weighted by atomic mass is 32.2. The fraction of sp³-hybridized carbons (Fsp3) is 1.00. The van der Waals surface area contributed by atoms with Crippen LogP contribution in [0.1, 0.15) is 6.42 Å². The van der Waals surface area contributed by atoms with E-state index >= 15 is 0 Å². The molecule has 0 aromatic heterocycles. The molecule has 0 aliphatic carbocycles. The van der Waals surface area contributed by atoms with Crippen molar-refractivity contribution < 1.29 is 25.8 Å². The van der Waals surface area contributed by atoms with E-state index in [-0.39, 0.29) is 13.0 Å². The lowest BCUT2D eigenvalue weighted by Crippen LogP contribution is -2.31. The van der Waals surface area contributed by atoms with Crippen molar-refractivity contribution in [1.29, 1.82) is 0 Å². The third kappa shape index (κ3) is 2.55. The molecule has 1 aliphatic heterocycles. The quantitative estimate of drug-likeness (QED) is 0.533. The number of halogens is 3. The topological polar surface area (TPSA) is 55.4 Å². The predicted molar refractivity (Wildman–Crippen MR) is 37.3 cm³/mol. The van der Waals surface area contributed by atoms with Crippen LogP contribution in [0.3, 0.4) is 0 Å². The predicted octanol–water partition coefficient (Wildman–Crippen LogP) is 0.215. The molecule has 0 amide bonds. The highest BCUT2D eigenvalue weighted by Crippen LogP contribution is 2.26. The smallest absolute Gasteiger partial charge is 0.314 e. The first kappa shape index (κ1) is 10.7. The van der Waals surface area contributed by atoms with Gasteiger partial charge in [-0.2, -0.15) is 21.6 Å². The van der Waals surface area contributed by atoms with Gasteiger partial charge in [0.25, 0.3) is 0 Å². The second-order valence-electron chi connectivity index (χ2n) is 2.61. The molecule has 0 bridgehead atoms. The fourth-order valence-electron chi connectivity index (χ4n) is 0.944. The molecule has 0 spiro atoms. The van der Waals surface area contributed by atoms with Gasteiger partial charge in [0.2, 0.25) is 0 Å². The van der Waals surface area contributed by atoms with E-state index in [1.807, 2.05) is 0 Å². The van der Waals surface area contributed by atoms with E-state index in [1.165, 1.54) is 0 Å². The highest BCUT2D eigenvalue weighted by Gasteiger charge is 2.48. The number of hydrogen-bond acceptors (Lipinski definition) is 4. The maximum absolute atomic E-state index is 11.8. The van der Waals surface area contributed by atoms with E-state index < -0.39 is 21.7 Å². The Balaban J connectivity index is 2.62. The molecule has 0 radical (unpaired) electrons. The van der Waals surface area contributed by atoms with Crippen LogP contribution in [0.5, 0.6) is 0 Å². The van der Waals surface area contributed by atoms with Crippen LogP contribution in [-0.2, 0) is 14.3 Å². The molecule has 4 nitrogen and oxygen atoms in total. The summed E-state index contributed by atoms with van der Waals surface area (Å²) in [6, 6.07) is 0. The Kier molecular flexibility index (Phi) is 2.83. The summed E-state index contributed by atoms with van der Waals surface area (Å²) in [5.41, 5.74) is -5.32. The summed E-state index contributed by atoms with van der Waals surface area (Å²) in [5.74, 6) is 0. The SMILES string of the molecule is O=S(=O)(O[C@@H]1CCNC1)C(F)(F)F. The molecule has 13 heavy (non-hydrogen) atoms. The largest absolute Gasteiger partial charge is 0.523 e. The van der Waals surface area contributed by atoms with Crippen LogP contribution in [0.25, 0.3) is 0 Å². The minimum atomic E-state index is -5.42. The van der Waals surface area contributed by atoms with Crippen molar-refractivity contribution in [1.82, 2.24) is 5.32 Å². The first-order chi connectivity index (χ1) is 5.83. The van der Waals surface area contributed by atoms with Gasteiger partial charge in [0.15, 0.2) is 0 Å². The molecule has 1 atom stereocenters. The Labute approximate surface area is 73.2 Å². The summed E-state index contributed by atoms with van der Waals surface area (Å²) in [4.78, 5) is 0. The minimum Gasteiger partial charge on any atom is -0.314 e. The van der Waals surface area contributed by atoms with Gasteiger partial charge in [-0.3, -0.25) is 4.18 Å². The van der Waals surface area contributed by atoms with E-state index in [4.69, 9.17) is 0 Å². The lowest BCUT2D eigenvalue weighted by Gasteiger charge is -2.12. The third-order valence-corrected chi connectivity index (χ3v) is 2.65. The Morgan fingerprint density at radius 2 is 2.00 bits per heavy atom. The lowest BCUT2D eigenvalue weighted by atomic mass is 10.3. The van der Waals surface area contributed by atoms with Crippen LogP contribution in [0.4, 0.5) is 13.2 Å².